The van der Waals surface area contributed by atoms with Crippen LogP contribution < -0.4 is 10.1 Å². The van der Waals surface area contributed by atoms with Crippen molar-refractivity contribution < 1.29 is 13.7 Å². The Balaban J connectivity index is 3.07. The van der Waals surface area contributed by atoms with Crippen molar-refractivity contribution in [3.63, 3.8) is 0 Å². The minimum absolute atomic E-state index is 0.247. The lowest BCUT2D eigenvalue weighted by molar-refractivity contribution is 0.0980. The van der Waals surface area contributed by atoms with Gasteiger partial charge in [-0.1, -0.05) is 11.6 Å². The van der Waals surface area contributed by atoms with Crippen molar-refractivity contribution in [2.24, 2.45) is 0 Å². The largest absolute Gasteiger partial charge is 0.495 e. The van der Waals surface area contributed by atoms with Crippen LogP contribution >= 0.6 is 11.6 Å². The van der Waals surface area contributed by atoms with E-state index in [9.17, 15) is 9.00 Å². The Bertz CT molecular complexity index is 450. The molecule has 0 aliphatic carbocycles. The summed E-state index contributed by atoms with van der Waals surface area (Å²) in [6.07, 6.45) is 1.48. The average molecular weight is 276 g/mol. The van der Waals surface area contributed by atoms with E-state index >= 15 is 0 Å². The molecule has 4 nitrogen and oxygen atoms in total. The third-order valence-corrected chi connectivity index (χ3v) is 3.69. The molecule has 2 unspecified atom stereocenters. The highest BCUT2D eigenvalue weighted by atomic mass is 35.5. The molecule has 1 aromatic rings. The number of carbonyl (C=O) groups is 1. The molecule has 0 radical (unpaired) electrons. The van der Waals surface area contributed by atoms with Crippen LogP contribution in [0, 0.1) is 0 Å². The van der Waals surface area contributed by atoms with Gasteiger partial charge in [-0.2, -0.15) is 0 Å². The van der Waals surface area contributed by atoms with Crippen LogP contribution in [0.2, 0.25) is 5.02 Å². The van der Waals surface area contributed by atoms with Gasteiger partial charge in [-0.15, -0.1) is 0 Å². The molecular formula is C11H14ClNO3S. The Labute approximate surface area is 108 Å². The summed E-state index contributed by atoms with van der Waals surface area (Å²) in [5.41, 5.74) is 0.417. The van der Waals surface area contributed by atoms with Gasteiger partial charge in [0.05, 0.1) is 12.1 Å². The van der Waals surface area contributed by atoms with Crippen LogP contribution in [-0.2, 0) is 10.8 Å². The van der Waals surface area contributed by atoms with Crippen LogP contribution in [0.5, 0.6) is 5.75 Å². The van der Waals surface area contributed by atoms with Crippen LogP contribution in [-0.4, -0.2) is 35.8 Å². The van der Waals surface area contributed by atoms with E-state index in [2.05, 4.69) is 5.32 Å². The lowest BCUT2D eigenvalue weighted by Gasteiger charge is -2.13. The maximum absolute atomic E-state index is 12.0. The third-order valence-electron chi connectivity index (χ3n) is 2.27. The Morgan fingerprint density at radius 3 is 2.65 bits per heavy atom. The van der Waals surface area contributed by atoms with Gasteiger partial charge in [-0.3, -0.25) is 14.3 Å². The van der Waals surface area contributed by atoms with E-state index in [1.54, 1.807) is 25.2 Å². The molecule has 0 saturated heterocycles. The zero-order valence-electron chi connectivity index (χ0n) is 9.82. The first-order valence-corrected chi connectivity index (χ1v) is 6.88. The number of hydrogen-bond acceptors (Lipinski definition) is 4. The topological polar surface area (TPSA) is 55.4 Å². The van der Waals surface area contributed by atoms with E-state index in [4.69, 9.17) is 16.3 Å². The van der Waals surface area contributed by atoms with E-state index in [-0.39, 0.29) is 5.78 Å². The van der Waals surface area contributed by atoms with Gasteiger partial charge in [0.25, 0.3) is 0 Å². The van der Waals surface area contributed by atoms with Crippen LogP contribution in [0.4, 0.5) is 0 Å². The summed E-state index contributed by atoms with van der Waals surface area (Å²) in [5.74, 6) is 0.178. The molecule has 0 saturated carbocycles. The Morgan fingerprint density at radius 1 is 1.53 bits per heavy atom. The molecule has 1 N–H and O–H groups in total. The van der Waals surface area contributed by atoms with Gasteiger partial charge in [0.2, 0.25) is 0 Å². The average Bonchev–Trinajstić information content (AvgIpc) is 2.29. The van der Waals surface area contributed by atoms with E-state index in [1.807, 2.05) is 0 Å². The second kappa shape index (κ2) is 6.14. The second-order valence-corrected chi connectivity index (χ2v) is 5.26. The minimum Gasteiger partial charge on any atom is -0.495 e. The van der Waals surface area contributed by atoms with Gasteiger partial charge < -0.3 is 4.74 Å². The summed E-state index contributed by atoms with van der Waals surface area (Å²) in [7, 11) is 1.79. The van der Waals surface area contributed by atoms with Crippen LogP contribution in [0.25, 0.3) is 0 Å². The van der Waals surface area contributed by atoms with Gasteiger partial charge in [-0.05, 0) is 25.2 Å². The predicted octanol–water partition coefficient (Wildman–Crippen LogP) is 1.46. The number of rotatable bonds is 5. The Hall–Kier alpha value is -0.910. The fraction of sp³-hybridized carbons (Fsp3) is 0.364. The van der Waals surface area contributed by atoms with E-state index in [0.717, 1.165) is 0 Å². The van der Waals surface area contributed by atoms with Crippen molar-refractivity contribution in [2.75, 3.05) is 20.4 Å². The quantitative estimate of drug-likeness (QED) is 0.827. The number of halogens is 1. The number of methoxy groups -OCH3 is 1. The van der Waals surface area contributed by atoms with Gasteiger partial charge in [-0.25, -0.2) is 0 Å². The number of ether oxygens (including phenoxy) is 1. The molecule has 0 amide bonds. The molecule has 17 heavy (non-hydrogen) atoms. The van der Waals surface area contributed by atoms with Crippen molar-refractivity contribution in [3.05, 3.63) is 28.8 Å². The summed E-state index contributed by atoms with van der Waals surface area (Å²) in [4.78, 5) is 12.0. The van der Waals surface area contributed by atoms with Crippen molar-refractivity contribution in [1.82, 2.24) is 5.32 Å². The number of likely N-dealkylation sites (N-methyl/N-ethyl adjacent to an activating group) is 1. The van der Waals surface area contributed by atoms with Gasteiger partial charge >= 0.3 is 0 Å². The standard InChI is InChI=1S/C11H14ClNO3S/c1-13-11(17(3)15)10(14)7-4-5-8(12)9(6-7)16-2/h4-6,11,13H,1-3H3. The molecule has 2 atom stereocenters. The maximum atomic E-state index is 12.0. The molecule has 0 aliphatic rings. The van der Waals surface area contributed by atoms with E-state index < -0.39 is 16.2 Å². The van der Waals surface area contributed by atoms with Crippen molar-refractivity contribution in [1.29, 1.82) is 0 Å². The SMILES string of the molecule is CNC(C(=O)c1ccc(Cl)c(OC)c1)S(C)=O. The van der Waals surface area contributed by atoms with Gasteiger partial charge in [0.15, 0.2) is 5.78 Å². The first-order valence-electron chi connectivity index (χ1n) is 4.88. The summed E-state index contributed by atoms with van der Waals surface area (Å²) >= 11 is 5.87. The molecule has 1 rings (SSSR count). The van der Waals surface area contributed by atoms with E-state index in [0.29, 0.717) is 16.3 Å². The fourth-order valence-electron chi connectivity index (χ4n) is 1.41. The zero-order valence-corrected chi connectivity index (χ0v) is 11.4. The number of nitrogens with one attached hydrogen (secondary N) is 1. The van der Waals surface area contributed by atoms with Crippen molar-refractivity contribution in [2.45, 2.75) is 5.37 Å². The maximum Gasteiger partial charge on any atom is 0.192 e. The normalized spacial score (nSPS) is 14.1. The zero-order chi connectivity index (χ0) is 13.0. The summed E-state index contributed by atoms with van der Waals surface area (Å²) in [6, 6.07) is 4.71. The number of carbonyl (C=O) groups excluding carboxylic acids is 1. The highest BCUT2D eigenvalue weighted by Gasteiger charge is 2.22. The Morgan fingerprint density at radius 2 is 2.18 bits per heavy atom. The number of Topliss-reactive ketones (excluding diaryl/α,β-unsaturated/α-hetero) is 1. The van der Waals surface area contributed by atoms with Crippen molar-refractivity contribution in [3.8, 4) is 5.75 Å². The lowest BCUT2D eigenvalue weighted by atomic mass is 10.1. The Kier molecular flexibility index (Phi) is 5.11. The first-order chi connectivity index (χ1) is 8.01. The number of benzene rings is 1. The predicted molar refractivity (Wildman–Crippen MR) is 69.2 cm³/mol. The van der Waals surface area contributed by atoms with E-state index in [1.165, 1.54) is 13.4 Å². The summed E-state index contributed by atoms with van der Waals surface area (Å²) in [6.45, 7) is 0. The van der Waals surface area contributed by atoms with Crippen LogP contribution in [0.1, 0.15) is 10.4 Å². The van der Waals surface area contributed by atoms with Crippen LogP contribution in [0.15, 0.2) is 18.2 Å². The molecule has 0 aromatic heterocycles. The highest BCUT2D eigenvalue weighted by molar-refractivity contribution is 7.85. The number of ketones is 1. The molecule has 0 spiro atoms. The summed E-state index contributed by atoms with van der Waals surface area (Å²) in [5, 5.41) is 2.44. The molecule has 94 valence electrons. The minimum atomic E-state index is -1.28. The molecule has 6 heteroatoms. The monoisotopic (exact) mass is 275 g/mol. The molecule has 0 heterocycles. The molecule has 0 aliphatic heterocycles. The fourth-order valence-corrected chi connectivity index (χ4v) is 2.38. The molecular weight excluding hydrogens is 262 g/mol. The van der Waals surface area contributed by atoms with Gasteiger partial charge in [0.1, 0.15) is 11.1 Å². The van der Waals surface area contributed by atoms with Gasteiger partial charge in [0, 0.05) is 22.6 Å². The molecule has 1 aromatic carbocycles. The molecule has 0 fully saturated rings. The lowest BCUT2D eigenvalue weighted by Crippen LogP contribution is -2.37. The summed E-state index contributed by atoms with van der Waals surface area (Å²) < 4.78 is 16.4. The number of hydrogen-bond donors (Lipinski definition) is 1. The van der Waals surface area contributed by atoms with Crippen LogP contribution in [0.3, 0.4) is 0 Å². The van der Waals surface area contributed by atoms with Crippen molar-refractivity contribution >= 4 is 28.2 Å². The highest BCUT2D eigenvalue weighted by Crippen LogP contribution is 2.25. The smallest absolute Gasteiger partial charge is 0.192 e. The second-order valence-electron chi connectivity index (χ2n) is 3.38. The first kappa shape index (κ1) is 14.2. The molecule has 0 bridgehead atoms. The third kappa shape index (κ3) is 3.28.